The average molecular weight is 332 g/mol. The van der Waals surface area contributed by atoms with Crippen molar-refractivity contribution in [1.29, 1.82) is 0 Å². The number of esters is 1. The average Bonchev–Trinajstić information content (AvgIpc) is 2.76. The summed E-state index contributed by atoms with van der Waals surface area (Å²) in [5.74, 6) is 0.569. The molecular formula is C20H28O4. The third-order valence-electron chi connectivity index (χ3n) is 8.24. The quantitative estimate of drug-likeness (QED) is 0.724. The maximum atomic E-state index is 12.7. The van der Waals surface area contributed by atoms with Crippen LogP contribution in [0.15, 0.2) is 24.3 Å². The number of carbonyl (C=O) groups excluding carboxylic acids is 1. The van der Waals surface area contributed by atoms with E-state index in [1.165, 1.54) is 5.57 Å². The summed E-state index contributed by atoms with van der Waals surface area (Å²) in [6.07, 6.45) is 5.62. The molecule has 0 aromatic heterocycles. The van der Waals surface area contributed by atoms with Gasteiger partial charge in [0, 0.05) is 5.41 Å². The predicted molar refractivity (Wildman–Crippen MR) is 89.9 cm³/mol. The first-order valence-electron chi connectivity index (χ1n) is 9.15. The fraction of sp³-hybridized carbons (Fsp3) is 0.750. The van der Waals surface area contributed by atoms with E-state index in [1.807, 2.05) is 6.08 Å². The third kappa shape index (κ3) is 1.51. The molecule has 8 atom stereocenters. The predicted octanol–water partition coefficient (Wildman–Crippen LogP) is 2.60. The fourth-order valence-electron chi connectivity index (χ4n) is 6.62. The molecule has 2 N–H and O–H groups in total. The number of aliphatic hydroxyl groups is 2. The summed E-state index contributed by atoms with van der Waals surface area (Å²) < 4.78 is 5.69. The van der Waals surface area contributed by atoms with Crippen molar-refractivity contribution in [3.63, 3.8) is 0 Å². The SMILES string of the molecule is C=CC1=CC[C@H]2[C@@H](C[C@H]3OC(=O)[C@@]4(C)[C@H](O)CC[C@@]2(C)[C@@]34O)[C@H]1C. The molecule has 0 radical (unpaired) electrons. The van der Waals surface area contributed by atoms with E-state index in [0.29, 0.717) is 30.6 Å². The second-order valence-electron chi connectivity index (χ2n) is 8.77. The summed E-state index contributed by atoms with van der Waals surface area (Å²) in [4.78, 5) is 12.7. The highest BCUT2D eigenvalue weighted by molar-refractivity contribution is 5.82. The van der Waals surface area contributed by atoms with Crippen LogP contribution < -0.4 is 0 Å². The Morgan fingerprint density at radius 3 is 2.79 bits per heavy atom. The van der Waals surface area contributed by atoms with Gasteiger partial charge in [-0.1, -0.05) is 32.6 Å². The van der Waals surface area contributed by atoms with Gasteiger partial charge in [0.25, 0.3) is 0 Å². The maximum absolute atomic E-state index is 12.7. The molecule has 3 aliphatic carbocycles. The van der Waals surface area contributed by atoms with Crippen molar-refractivity contribution in [3.8, 4) is 0 Å². The van der Waals surface area contributed by atoms with Gasteiger partial charge in [-0.05, 0) is 55.9 Å². The zero-order valence-electron chi connectivity index (χ0n) is 14.8. The summed E-state index contributed by atoms with van der Waals surface area (Å²) >= 11 is 0. The summed E-state index contributed by atoms with van der Waals surface area (Å²) in [7, 11) is 0. The lowest BCUT2D eigenvalue weighted by atomic mass is 9.41. The van der Waals surface area contributed by atoms with Gasteiger partial charge in [-0.15, -0.1) is 0 Å². The van der Waals surface area contributed by atoms with E-state index in [-0.39, 0.29) is 0 Å². The zero-order valence-corrected chi connectivity index (χ0v) is 14.8. The van der Waals surface area contributed by atoms with Crippen molar-refractivity contribution in [1.82, 2.24) is 0 Å². The maximum Gasteiger partial charge on any atom is 0.317 e. The van der Waals surface area contributed by atoms with Gasteiger partial charge in [0.2, 0.25) is 0 Å². The van der Waals surface area contributed by atoms with Crippen LogP contribution in [0, 0.1) is 28.6 Å². The van der Waals surface area contributed by atoms with E-state index in [9.17, 15) is 15.0 Å². The lowest BCUT2D eigenvalue weighted by Gasteiger charge is -2.64. The summed E-state index contributed by atoms with van der Waals surface area (Å²) in [5.41, 5.74) is -1.69. The summed E-state index contributed by atoms with van der Waals surface area (Å²) in [6, 6.07) is 0. The molecule has 1 aliphatic heterocycles. The van der Waals surface area contributed by atoms with Crippen molar-refractivity contribution in [2.24, 2.45) is 28.6 Å². The molecule has 0 aromatic rings. The second kappa shape index (κ2) is 4.73. The van der Waals surface area contributed by atoms with E-state index in [1.54, 1.807) is 6.92 Å². The van der Waals surface area contributed by atoms with Crippen molar-refractivity contribution in [2.75, 3.05) is 0 Å². The first kappa shape index (κ1) is 16.3. The molecule has 0 spiro atoms. The van der Waals surface area contributed by atoms with E-state index >= 15 is 0 Å². The minimum atomic E-state index is -1.30. The van der Waals surface area contributed by atoms with E-state index < -0.39 is 34.6 Å². The Morgan fingerprint density at radius 2 is 2.12 bits per heavy atom. The molecular weight excluding hydrogens is 304 g/mol. The number of hydrogen-bond acceptors (Lipinski definition) is 4. The molecule has 2 saturated carbocycles. The Morgan fingerprint density at radius 1 is 1.42 bits per heavy atom. The molecule has 24 heavy (non-hydrogen) atoms. The number of carbonyl (C=O) groups is 1. The van der Waals surface area contributed by atoms with Crippen LogP contribution >= 0.6 is 0 Å². The Kier molecular flexibility index (Phi) is 3.22. The second-order valence-corrected chi connectivity index (χ2v) is 8.77. The van der Waals surface area contributed by atoms with Crippen LogP contribution in [0.25, 0.3) is 0 Å². The van der Waals surface area contributed by atoms with Crippen LogP contribution in [-0.4, -0.2) is 34.0 Å². The molecule has 1 heterocycles. The Labute approximate surface area is 143 Å². The molecule has 0 aromatic carbocycles. The number of rotatable bonds is 1. The van der Waals surface area contributed by atoms with E-state index in [2.05, 4.69) is 26.5 Å². The molecule has 1 saturated heterocycles. The molecule has 4 heteroatoms. The van der Waals surface area contributed by atoms with Crippen molar-refractivity contribution in [3.05, 3.63) is 24.3 Å². The Hall–Kier alpha value is -1.13. The van der Waals surface area contributed by atoms with Crippen LogP contribution in [0.2, 0.25) is 0 Å². The highest BCUT2D eigenvalue weighted by Gasteiger charge is 2.79. The number of hydrogen-bond donors (Lipinski definition) is 2. The molecule has 4 nitrogen and oxygen atoms in total. The lowest BCUT2D eigenvalue weighted by molar-refractivity contribution is -0.266. The van der Waals surface area contributed by atoms with Crippen LogP contribution in [0.3, 0.4) is 0 Å². The van der Waals surface area contributed by atoms with Gasteiger partial charge in [0.1, 0.15) is 17.1 Å². The summed E-state index contributed by atoms with van der Waals surface area (Å²) in [5, 5.41) is 22.4. The fourth-order valence-corrected chi connectivity index (χ4v) is 6.62. The molecule has 0 unspecified atom stereocenters. The van der Waals surface area contributed by atoms with E-state index in [4.69, 9.17) is 4.74 Å². The smallest absolute Gasteiger partial charge is 0.317 e. The monoisotopic (exact) mass is 332 g/mol. The van der Waals surface area contributed by atoms with Gasteiger partial charge in [-0.25, -0.2) is 0 Å². The van der Waals surface area contributed by atoms with Gasteiger partial charge >= 0.3 is 5.97 Å². The first-order valence-corrected chi connectivity index (χ1v) is 9.15. The van der Waals surface area contributed by atoms with Gasteiger partial charge in [-0.3, -0.25) is 4.79 Å². The molecule has 4 aliphatic rings. The zero-order chi connectivity index (χ0) is 17.5. The van der Waals surface area contributed by atoms with Gasteiger partial charge in [0.05, 0.1) is 6.10 Å². The molecule has 132 valence electrons. The standard InChI is InChI=1S/C20H28O4/c1-5-12-6-7-14-13(11(12)2)10-16-20(23)18(14,3)9-8-15(21)19(20,4)17(22)24-16/h5-6,11,13-16,21,23H,1,7-10H2,2-4H3/t11-,13-,14-,15+,16+,18+,19+,20-/m0/s1. The topological polar surface area (TPSA) is 66.8 Å². The van der Waals surface area contributed by atoms with Crippen LogP contribution in [-0.2, 0) is 9.53 Å². The minimum Gasteiger partial charge on any atom is -0.459 e. The molecule has 0 amide bonds. The Bertz CT molecular complexity index is 640. The van der Waals surface area contributed by atoms with Gasteiger partial charge < -0.3 is 14.9 Å². The van der Waals surface area contributed by atoms with Gasteiger partial charge in [0.15, 0.2) is 0 Å². The minimum absolute atomic E-state index is 0.291. The number of ether oxygens (including phenoxy) is 1. The number of aliphatic hydroxyl groups excluding tert-OH is 1. The summed E-state index contributed by atoms with van der Waals surface area (Å²) in [6.45, 7) is 9.96. The van der Waals surface area contributed by atoms with Crippen molar-refractivity contribution in [2.45, 2.75) is 64.3 Å². The Balaban J connectivity index is 1.87. The molecule has 4 rings (SSSR count). The molecule has 3 fully saturated rings. The van der Waals surface area contributed by atoms with Crippen LogP contribution in [0.4, 0.5) is 0 Å². The van der Waals surface area contributed by atoms with E-state index in [0.717, 1.165) is 12.8 Å². The van der Waals surface area contributed by atoms with Gasteiger partial charge in [-0.2, -0.15) is 0 Å². The largest absolute Gasteiger partial charge is 0.459 e. The number of fused-ring (bicyclic) bond motifs is 2. The normalized spacial score (nSPS) is 56.0. The molecule has 0 bridgehead atoms. The highest BCUT2D eigenvalue weighted by Crippen LogP contribution is 2.69. The van der Waals surface area contributed by atoms with Crippen molar-refractivity contribution >= 4 is 5.97 Å². The van der Waals surface area contributed by atoms with Crippen LogP contribution in [0.1, 0.15) is 46.5 Å². The third-order valence-corrected chi connectivity index (χ3v) is 8.24. The number of allylic oxidation sites excluding steroid dienone is 3. The lowest BCUT2D eigenvalue weighted by Crippen LogP contribution is -2.73. The van der Waals surface area contributed by atoms with Crippen LogP contribution in [0.5, 0.6) is 0 Å². The highest BCUT2D eigenvalue weighted by atomic mass is 16.6. The first-order chi connectivity index (χ1) is 11.2. The van der Waals surface area contributed by atoms with Crippen molar-refractivity contribution < 1.29 is 19.7 Å².